The fourth-order valence-corrected chi connectivity index (χ4v) is 14.8. The van der Waals surface area contributed by atoms with E-state index in [1.165, 1.54) is 77.0 Å². The monoisotopic (exact) mass is 665 g/mol. The van der Waals surface area contributed by atoms with Gasteiger partial charge in [-0.2, -0.15) is 0 Å². The second-order valence-electron chi connectivity index (χ2n) is 23.9. The molecule has 6 rings (SSSR count). The Morgan fingerprint density at radius 1 is 0.500 bits per heavy atom. The molecule has 0 spiro atoms. The Morgan fingerprint density at radius 3 is 1.35 bits per heavy atom. The van der Waals surface area contributed by atoms with E-state index in [9.17, 15) is 0 Å². The van der Waals surface area contributed by atoms with Crippen molar-refractivity contribution in [2.75, 3.05) is 6.61 Å². The van der Waals surface area contributed by atoms with Crippen LogP contribution in [0.2, 0.25) is 0 Å². The molecule has 0 aromatic rings. The van der Waals surface area contributed by atoms with Crippen molar-refractivity contribution in [2.45, 2.75) is 198 Å². The zero-order chi connectivity index (χ0) is 35.1. The molecule has 0 bridgehead atoms. The van der Waals surface area contributed by atoms with E-state index in [4.69, 9.17) is 4.74 Å². The SMILES string of the molecule is CC(C)(C)OCCCCCCC1CCC(C(C)(C)C2C3CC4C(CC3C3CC5C(CC32)C(C)(C)CCC5(C)C)C(C)(C)CCC4(C)C)C1. The standard InChI is InChI=1S/C47H84O/c1-42(2,3)48-25-17-15-14-16-18-31-19-20-32(26-31)47(12,13)41-35-29-39-37(43(4,5)21-23-45(39,8)9)27-33(35)34-28-38-40(30-36(34)41)46(10,11)24-22-44(38,6)7/h31-41H,14-30H2,1-13H3. The second-order valence-corrected chi connectivity index (χ2v) is 23.9. The first-order valence-electron chi connectivity index (χ1n) is 21.8. The molecule has 6 saturated carbocycles. The Morgan fingerprint density at radius 2 is 0.917 bits per heavy atom. The van der Waals surface area contributed by atoms with Crippen molar-refractivity contribution in [3.05, 3.63) is 0 Å². The van der Waals surface area contributed by atoms with E-state index in [0.29, 0.717) is 27.1 Å². The average molecular weight is 665 g/mol. The molecule has 6 aliphatic rings. The summed E-state index contributed by atoms with van der Waals surface area (Å²) in [5, 5.41) is 0. The highest BCUT2D eigenvalue weighted by atomic mass is 16.5. The lowest BCUT2D eigenvalue weighted by Crippen LogP contribution is -2.51. The van der Waals surface area contributed by atoms with Gasteiger partial charge in [0.05, 0.1) is 5.60 Å². The predicted molar refractivity (Wildman–Crippen MR) is 207 cm³/mol. The van der Waals surface area contributed by atoms with Crippen LogP contribution in [0.5, 0.6) is 0 Å². The fourth-order valence-electron chi connectivity index (χ4n) is 14.8. The van der Waals surface area contributed by atoms with Gasteiger partial charge in [-0.3, -0.25) is 0 Å². The van der Waals surface area contributed by atoms with Gasteiger partial charge in [0, 0.05) is 6.61 Å². The Hall–Kier alpha value is -0.0400. The normalized spacial score (nSPS) is 42.8. The maximum absolute atomic E-state index is 5.99. The molecular weight excluding hydrogens is 581 g/mol. The van der Waals surface area contributed by atoms with Crippen LogP contribution in [-0.4, -0.2) is 12.2 Å². The molecule has 0 saturated heterocycles. The van der Waals surface area contributed by atoms with Crippen LogP contribution in [0.3, 0.4) is 0 Å². The Kier molecular flexibility index (Phi) is 10.3. The topological polar surface area (TPSA) is 9.23 Å². The molecule has 1 heteroatoms. The molecule has 0 aliphatic heterocycles. The van der Waals surface area contributed by atoms with Crippen molar-refractivity contribution < 1.29 is 4.74 Å². The molecule has 0 heterocycles. The molecule has 10 atom stereocenters. The van der Waals surface area contributed by atoms with E-state index in [0.717, 1.165) is 71.7 Å². The molecular formula is C47H84O. The van der Waals surface area contributed by atoms with Crippen molar-refractivity contribution >= 4 is 0 Å². The maximum Gasteiger partial charge on any atom is 0.0598 e. The minimum atomic E-state index is 0.0100. The van der Waals surface area contributed by atoms with Gasteiger partial charge in [0.25, 0.3) is 0 Å². The van der Waals surface area contributed by atoms with Gasteiger partial charge < -0.3 is 4.74 Å². The van der Waals surface area contributed by atoms with E-state index in [2.05, 4.69) is 90.0 Å². The van der Waals surface area contributed by atoms with Gasteiger partial charge in [0.15, 0.2) is 0 Å². The summed E-state index contributed by atoms with van der Waals surface area (Å²) >= 11 is 0. The average Bonchev–Trinajstić information content (AvgIpc) is 3.59. The maximum atomic E-state index is 5.99. The third-order valence-electron chi connectivity index (χ3n) is 18.0. The second kappa shape index (κ2) is 13.1. The third-order valence-corrected chi connectivity index (χ3v) is 18.0. The van der Waals surface area contributed by atoms with Crippen LogP contribution >= 0.6 is 0 Å². The van der Waals surface area contributed by atoms with E-state index >= 15 is 0 Å². The van der Waals surface area contributed by atoms with E-state index in [-0.39, 0.29) is 5.60 Å². The number of hydrogen-bond donors (Lipinski definition) is 0. The fraction of sp³-hybridized carbons (Fsp3) is 1.00. The van der Waals surface area contributed by atoms with Gasteiger partial charge in [0.1, 0.15) is 0 Å². The first-order valence-corrected chi connectivity index (χ1v) is 21.8. The van der Waals surface area contributed by atoms with Crippen LogP contribution < -0.4 is 0 Å². The molecule has 1 nitrogen and oxygen atoms in total. The van der Waals surface area contributed by atoms with Crippen molar-refractivity contribution in [1.29, 1.82) is 0 Å². The van der Waals surface area contributed by atoms with Crippen LogP contribution in [0, 0.1) is 92.2 Å². The van der Waals surface area contributed by atoms with Crippen molar-refractivity contribution in [3.63, 3.8) is 0 Å². The van der Waals surface area contributed by atoms with Gasteiger partial charge in [-0.05, 0) is 184 Å². The highest BCUT2D eigenvalue weighted by Gasteiger charge is 2.65. The highest BCUT2D eigenvalue weighted by Crippen LogP contribution is 2.73. The van der Waals surface area contributed by atoms with Crippen LogP contribution in [0.25, 0.3) is 0 Å². The van der Waals surface area contributed by atoms with Gasteiger partial charge >= 0.3 is 0 Å². The third kappa shape index (κ3) is 7.15. The van der Waals surface area contributed by atoms with Crippen LogP contribution in [-0.2, 0) is 4.74 Å². The Labute approximate surface area is 301 Å². The molecule has 0 N–H and O–H groups in total. The summed E-state index contributed by atoms with van der Waals surface area (Å²) < 4.78 is 5.99. The number of ether oxygens (including phenoxy) is 1. The molecule has 10 unspecified atom stereocenters. The lowest BCUT2D eigenvalue weighted by molar-refractivity contribution is -0.0969. The van der Waals surface area contributed by atoms with Gasteiger partial charge in [0.2, 0.25) is 0 Å². The van der Waals surface area contributed by atoms with Crippen molar-refractivity contribution in [3.8, 4) is 0 Å². The number of unbranched alkanes of at least 4 members (excludes halogenated alkanes) is 3. The largest absolute Gasteiger partial charge is 0.376 e. The summed E-state index contributed by atoms with van der Waals surface area (Å²) in [6, 6.07) is 0. The van der Waals surface area contributed by atoms with Crippen LogP contribution in [0.15, 0.2) is 0 Å². The summed E-state index contributed by atoms with van der Waals surface area (Å²) in [5.41, 5.74) is 2.57. The van der Waals surface area contributed by atoms with Crippen LogP contribution in [0.1, 0.15) is 193 Å². The Bertz CT molecular complexity index is 1040. The number of hydrogen-bond acceptors (Lipinski definition) is 1. The molecule has 6 aliphatic carbocycles. The zero-order valence-electron chi connectivity index (χ0n) is 34.8. The summed E-state index contributed by atoms with van der Waals surface area (Å²) in [5.74, 6) is 10.6. The summed E-state index contributed by atoms with van der Waals surface area (Å²) in [6.07, 6.45) is 23.5. The summed E-state index contributed by atoms with van der Waals surface area (Å²) in [6.45, 7) is 34.6. The van der Waals surface area contributed by atoms with Crippen molar-refractivity contribution in [1.82, 2.24) is 0 Å². The van der Waals surface area contributed by atoms with Gasteiger partial charge in [-0.25, -0.2) is 0 Å². The molecule has 6 fully saturated rings. The first kappa shape index (κ1) is 37.7. The van der Waals surface area contributed by atoms with E-state index in [1.54, 1.807) is 25.7 Å². The lowest BCUT2D eigenvalue weighted by atomic mass is 9.46. The van der Waals surface area contributed by atoms with Gasteiger partial charge in [-0.15, -0.1) is 0 Å². The van der Waals surface area contributed by atoms with Crippen LogP contribution in [0.4, 0.5) is 0 Å². The number of fused-ring (bicyclic) bond motifs is 5. The highest BCUT2D eigenvalue weighted by molar-refractivity contribution is 5.14. The zero-order valence-corrected chi connectivity index (χ0v) is 34.8. The van der Waals surface area contributed by atoms with Gasteiger partial charge in [-0.1, -0.05) is 101 Å². The molecule has 0 aromatic heterocycles. The van der Waals surface area contributed by atoms with Crippen molar-refractivity contribution in [2.24, 2.45) is 92.2 Å². The predicted octanol–water partition coefficient (Wildman–Crippen LogP) is 14.0. The molecule has 0 aromatic carbocycles. The minimum Gasteiger partial charge on any atom is -0.376 e. The first-order chi connectivity index (χ1) is 22.1. The minimum absolute atomic E-state index is 0.0100. The molecule has 278 valence electrons. The lowest BCUT2D eigenvalue weighted by Gasteiger charge is -2.59. The number of rotatable bonds is 9. The molecule has 48 heavy (non-hydrogen) atoms. The molecule has 0 radical (unpaired) electrons. The smallest absolute Gasteiger partial charge is 0.0598 e. The summed E-state index contributed by atoms with van der Waals surface area (Å²) in [4.78, 5) is 0. The van der Waals surface area contributed by atoms with E-state index < -0.39 is 0 Å². The molecule has 0 amide bonds. The Balaban J connectivity index is 1.21. The summed E-state index contributed by atoms with van der Waals surface area (Å²) in [7, 11) is 0. The quantitative estimate of drug-likeness (QED) is 0.223. The van der Waals surface area contributed by atoms with E-state index in [1.807, 2.05) is 0 Å².